The van der Waals surface area contributed by atoms with Crippen molar-refractivity contribution in [3.05, 3.63) is 35.4 Å². The molecule has 0 amide bonds. The molecule has 1 saturated heterocycles. The summed E-state index contributed by atoms with van der Waals surface area (Å²) < 4.78 is 12.1. The van der Waals surface area contributed by atoms with Crippen molar-refractivity contribution in [2.45, 2.75) is 77.4 Å². The van der Waals surface area contributed by atoms with Gasteiger partial charge in [0.15, 0.2) is 5.79 Å². The molecule has 0 spiro atoms. The van der Waals surface area contributed by atoms with Crippen molar-refractivity contribution in [2.75, 3.05) is 13.2 Å². The number of unbranched alkanes of at least 4 members (excludes halogenated alkanes) is 3. The molecule has 2 heteroatoms. The van der Waals surface area contributed by atoms with Crippen LogP contribution in [0, 0.1) is 0 Å². The van der Waals surface area contributed by atoms with Crippen molar-refractivity contribution in [3.8, 4) is 0 Å². The summed E-state index contributed by atoms with van der Waals surface area (Å²) in [6, 6.07) is 9.03. The SMILES string of the molecule is CCCCCC1(C)OCC(c2ccc(CCCC)cc2)CO1. The van der Waals surface area contributed by atoms with Crippen molar-refractivity contribution < 1.29 is 9.47 Å². The smallest absolute Gasteiger partial charge is 0.165 e. The molecule has 0 N–H and O–H groups in total. The molecule has 0 atom stereocenters. The van der Waals surface area contributed by atoms with Gasteiger partial charge < -0.3 is 9.47 Å². The van der Waals surface area contributed by atoms with Crippen LogP contribution in [-0.4, -0.2) is 19.0 Å². The highest BCUT2D eigenvalue weighted by atomic mass is 16.7. The Morgan fingerprint density at radius 3 is 2.18 bits per heavy atom. The highest BCUT2D eigenvalue weighted by Crippen LogP contribution is 2.31. The van der Waals surface area contributed by atoms with Crippen LogP contribution in [0.15, 0.2) is 24.3 Å². The zero-order valence-electron chi connectivity index (χ0n) is 14.6. The van der Waals surface area contributed by atoms with Gasteiger partial charge in [0.2, 0.25) is 0 Å². The van der Waals surface area contributed by atoms with E-state index in [1.54, 1.807) is 0 Å². The van der Waals surface area contributed by atoms with Gasteiger partial charge in [-0.1, -0.05) is 57.4 Å². The molecular formula is C20H32O2. The lowest BCUT2D eigenvalue weighted by molar-refractivity contribution is -0.266. The number of benzene rings is 1. The molecule has 0 bridgehead atoms. The van der Waals surface area contributed by atoms with E-state index in [4.69, 9.17) is 9.47 Å². The van der Waals surface area contributed by atoms with Crippen molar-refractivity contribution in [1.82, 2.24) is 0 Å². The summed E-state index contributed by atoms with van der Waals surface area (Å²) in [5.41, 5.74) is 2.78. The number of aryl methyl sites for hydroxylation is 1. The summed E-state index contributed by atoms with van der Waals surface area (Å²) in [6.45, 7) is 8.11. The van der Waals surface area contributed by atoms with E-state index in [2.05, 4.69) is 45.0 Å². The maximum Gasteiger partial charge on any atom is 0.165 e. The second kappa shape index (κ2) is 8.69. The molecule has 0 aromatic heterocycles. The Kier molecular flexibility index (Phi) is 6.91. The van der Waals surface area contributed by atoms with Gasteiger partial charge in [-0.2, -0.15) is 0 Å². The standard InChI is InChI=1S/C20H32O2/c1-4-6-8-14-20(3)21-15-19(16-22-20)18-12-10-17(11-13-18)9-7-5-2/h10-13,19H,4-9,14-16H2,1-3H3. The topological polar surface area (TPSA) is 18.5 Å². The Morgan fingerprint density at radius 1 is 0.955 bits per heavy atom. The fourth-order valence-electron chi connectivity index (χ4n) is 3.01. The van der Waals surface area contributed by atoms with Crippen LogP contribution in [0.25, 0.3) is 0 Å². The monoisotopic (exact) mass is 304 g/mol. The van der Waals surface area contributed by atoms with Gasteiger partial charge in [0.25, 0.3) is 0 Å². The largest absolute Gasteiger partial charge is 0.350 e. The second-order valence-electron chi connectivity index (χ2n) is 6.75. The molecule has 1 heterocycles. The van der Waals surface area contributed by atoms with Gasteiger partial charge in [-0.3, -0.25) is 0 Å². The zero-order chi connectivity index (χ0) is 15.8. The first-order chi connectivity index (χ1) is 10.7. The van der Waals surface area contributed by atoms with E-state index in [1.807, 2.05) is 0 Å². The zero-order valence-corrected chi connectivity index (χ0v) is 14.6. The third-order valence-electron chi connectivity index (χ3n) is 4.68. The Bertz CT molecular complexity index is 416. The summed E-state index contributed by atoms with van der Waals surface area (Å²) >= 11 is 0. The third kappa shape index (κ3) is 5.10. The molecule has 124 valence electrons. The van der Waals surface area contributed by atoms with Gasteiger partial charge in [-0.05, 0) is 37.3 Å². The highest BCUT2D eigenvalue weighted by molar-refractivity contribution is 5.26. The van der Waals surface area contributed by atoms with E-state index in [9.17, 15) is 0 Å². The maximum absolute atomic E-state index is 6.05. The fraction of sp³-hybridized carbons (Fsp3) is 0.700. The molecule has 1 aliphatic heterocycles. The molecular weight excluding hydrogens is 272 g/mol. The molecule has 0 saturated carbocycles. The summed E-state index contributed by atoms with van der Waals surface area (Å²) in [6.07, 6.45) is 8.39. The minimum atomic E-state index is -0.368. The Morgan fingerprint density at radius 2 is 1.59 bits per heavy atom. The Labute approximate surface area is 136 Å². The first kappa shape index (κ1) is 17.5. The van der Waals surface area contributed by atoms with Crippen LogP contribution >= 0.6 is 0 Å². The number of ether oxygens (including phenoxy) is 2. The van der Waals surface area contributed by atoms with Crippen molar-refractivity contribution in [1.29, 1.82) is 0 Å². The van der Waals surface area contributed by atoms with E-state index in [0.717, 1.165) is 19.6 Å². The third-order valence-corrected chi connectivity index (χ3v) is 4.68. The van der Waals surface area contributed by atoms with E-state index in [1.165, 1.54) is 49.7 Å². The van der Waals surface area contributed by atoms with Crippen molar-refractivity contribution in [2.24, 2.45) is 0 Å². The molecule has 1 aliphatic rings. The molecule has 1 aromatic carbocycles. The van der Waals surface area contributed by atoms with E-state index in [0.29, 0.717) is 5.92 Å². The summed E-state index contributed by atoms with van der Waals surface area (Å²) in [5.74, 6) is 0.00620. The predicted octanol–water partition coefficient (Wildman–Crippen LogP) is 5.46. The number of rotatable bonds is 8. The van der Waals surface area contributed by atoms with Crippen LogP contribution in [0.1, 0.15) is 76.3 Å². The van der Waals surface area contributed by atoms with E-state index >= 15 is 0 Å². The normalized spacial score (nSPS) is 25.3. The maximum atomic E-state index is 6.05. The molecule has 2 nitrogen and oxygen atoms in total. The average Bonchev–Trinajstić information content (AvgIpc) is 2.54. The molecule has 0 aliphatic carbocycles. The van der Waals surface area contributed by atoms with Gasteiger partial charge in [0.05, 0.1) is 13.2 Å². The quantitative estimate of drug-likeness (QED) is 0.594. The molecule has 1 aromatic rings. The van der Waals surface area contributed by atoms with Gasteiger partial charge >= 0.3 is 0 Å². The minimum Gasteiger partial charge on any atom is -0.350 e. The first-order valence-corrected chi connectivity index (χ1v) is 9.03. The predicted molar refractivity (Wildman–Crippen MR) is 92.2 cm³/mol. The van der Waals surface area contributed by atoms with Crippen LogP contribution in [0.4, 0.5) is 0 Å². The lowest BCUT2D eigenvalue weighted by atomic mass is 9.96. The Balaban J connectivity index is 1.83. The van der Waals surface area contributed by atoms with E-state index in [-0.39, 0.29) is 5.79 Å². The summed E-state index contributed by atoms with van der Waals surface area (Å²) in [5, 5.41) is 0. The van der Waals surface area contributed by atoms with Gasteiger partial charge in [-0.15, -0.1) is 0 Å². The summed E-state index contributed by atoms with van der Waals surface area (Å²) in [4.78, 5) is 0. The molecule has 2 rings (SSSR count). The molecule has 22 heavy (non-hydrogen) atoms. The molecule has 1 fully saturated rings. The Hall–Kier alpha value is -0.860. The fourth-order valence-corrected chi connectivity index (χ4v) is 3.01. The first-order valence-electron chi connectivity index (χ1n) is 9.03. The molecule has 0 radical (unpaired) electrons. The van der Waals surface area contributed by atoms with Crippen LogP contribution in [-0.2, 0) is 15.9 Å². The van der Waals surface area contributed by atoms with E-state index < -0.39 is 0 Å². The van der Waals surface area contributed by atoms with Gasteiger partial charge in [0, 0.05) is 12.3 Å². The highest BCUT2D eigenvalue weighted by Gasteiger charge is 2.32. The lowest BCUT2D eigenvalue weighted by Gasteiger charge is -2.38. The van der Waals surface area contributed by atoms with Gasteiger partial charge in [-0.25, -0.2) is 0 Å². The van der Waals surface area contributed by atoms with Gasteiger partial charge in [0.1, 0.15) is 0 Å². The number of hydrogen-bond donors (Lipinski definition) is 0. The van der Waals surface area contributed by atoms with Crippen LogP contribution in [0.5, 0.6) is 0 Å². The van der Waals surface area contributed by atoms with Crippen LogP contribution in [0.2, 0.25) is 0 Å². The van der Waals surface area contributed by atoms with Crippen molar-refractivity contribution >= 4 is 0 Å². The van der Waals surface area contributed by atoms with Crippen LogP contribution in [0.3, 0.4) is 0 Å². The van der Waals surface area contributed by atoms with Crippen molar-refractivity contribution in [3.63, 3.8) is 0 Å². The average molecular weight is 304 g/mol. The van der Waals surface area contributed by atoms with Crippen LogP contribution < -0.4 is 0 Å². The molecule has 0 unspecified atom stereocenters. The second-order valence-corrected chi connectivity index (χ2v) is 6.75. The summed E-state index contributed by atoms with van der Waals surface area (Å²) in [7, 11) is 0. The minimum absolute atomic E-state index is 0.368. The number of hydrogen-bond acceptors (Lipinski definition) is 2. The lowest BCUT2D eigenvalue weighted by Crippen LogP contribution is -2.40.